The van der Waals surface area contributed by atoms with Crippen LogP contribution in [0.2, 0.25) is 0 Å². The van der Waals surface area contributed by atoms with Crippen molar-refractivity contribution in [3.05, 3.63) is 35.1 Å². The van der Waals surface area contributed by atoms with Crippen molar-refractivity contribution in [3.63, 3.8) is 0 Å². The minimum atomic E-state index is -0.335. The molecule has 0 aromatic heterocycles. The Bertz CT molecular complexity index is 376. The van der Waals surface area contributed by atoms with E-state index in [0.717, 1.165) is 24.8 Å². The second kappa shape index (κ2) is 3.81. The molecule has 74 valence electrons. The zero-order chi connectivity index (χ0) is 10.1. The number of fused-ring (bicyclic) bond motifs is 1. The summed E-state index contributed by atoms with van der Waals surface area (Å²) in [4.78, 5) is 11.6. The predicted octanol–water partition coefficient (Wildman–Crippen LogP) is 3.11. The maximum atomic E-state index is 13.0. The van der Waals surface area contributed by atoms with Gasteiger partial charge in [0.1, 0.15) is 5.82 Å². The smallest absolute Gasteiger partial charge is 0.176 e. The first-order chi connectivity index (χ1) is 6.68. The number of rotatable bonds is 0. The number of carbonyl (C=O) groups is 1. The summed E-state index contributed by atoms with van der Waals surface area (Å²) in [5.41, 5.74) is 1.52. The number of ketones is 1. The molecule has 1 aliphatic carbocycles. The average molecular weight is 257 g/mol. The van der Waals surface area contributed by atoms with Crippen LogP contribution in [0.1, 0.15) is 28.8 Å². The summed E-state index contributed by atoms with van der Waals surface area (Å²) in [6.45, 7) is 0. The van der Waals surface area contributed by atoms with Gasteiger partial charge in [-0.2, -0.15) is 0 Å². The lowest BCUT2D eigenvalue weighted by Gasteiger charge is -2.05. The van der Waals surface area contributed by atoms with E-state index in [1.165, 1.54) is 12.1 Å². The Morgan fingerprint density at radius 1 is 1.43 bits per heavy atom. The Morgan fingerprint density at radius 3 is 3.00 bits per heavy atom. The first-order valence-electron chi connectivity index (χ1n) is 4.65. The fourth-order valence-corrected chi connectivity index (χ4v) is 2.34. The SMILES string of the molecule is O=C1c2cc(F)ccc2CCCC1Br. The second-order valence-electron chi connectivity index (χ2n) is 3.53. The summed E-state index contributed by atoms with van der Waals surface area (Å²) in [5.74, 6) is -0.323. The van der Waals surface area contributed by atoms with Gasteiger partial charge in [0, 0.05) is 5.56 Å². The number of hydrogen-bond donors (Lipinski definition) is 0. The first kappa shape index (κ1) is 9.84. The van der Waals surface area contributed by atoms with E-state index in [1.807, 2.05) is 0 Å². The number of carbonyl (C=O) groups excluding carboxylic acids is 1. The van der Waals surface area contributed by atoms with Crippen LogP contribution in [0.5, 0.6) is 0 Å². The highest BCUT2D eigenvalue weighted by Gasteiger charge is 2.23. The summed E-state index contributed by atoms with van der Waals surface area (Å²) in [5, 5.41) is 0. The van der Waals surface area contributed by atoms with Gasteiger partial charge in [-0.05, 0) is 37.0 Å². The van der Waals surface area contributed by atoms with Crippen molar-refractivity contribution in [2.45, 2.75) is 24.1 Å². The lowest BCUT2D eigenvalue weighted by atomic mass is 10.0. The highest BCUT2D eigenvalue weighted by molar-refractivity contribution is 9.10. The quantitative estimate of drug-likeness (QED) is 0.515. The normalized spacial score (nSPS) is 21.6. The number of hydrogen-bond acceptors (Lipinski definition) is 1. The van der Waals surface area contributed by atoms with Crippen LogP contribution in [-0.4, -0.2) is 10.6 Å². The molecule has 14 heavy (non-hydrogen) atoms. The van der Waals surface area contributed by atoms with Gasteiger partial charge in [-0.25, -0.2) is 4.39 Å². The summed E-state index contributed by atoms with van der Waals surface area (Å²) >= 11 is 3.33. The van der Waals surface area contributed by atoms with E-state index in [2.05, 4.69) is 15.9 Å². The van der Waals surface area contributed by atoms with Gasteiger partial charge < -0.3 is 0 Å². The molecule has 3 heteroatoms. The highest BCUT2D eigenvalue weighted by Crippen LogP contribution is 2.25. The third-order valence-corrected chi connectivity index (χ3v) is 3.40. The molecule has 0 N–H and O–H groups in total. The van der Waals surface area contributed by atoms with Crippen LogP contribution in [-0.2, 0) is 6.42 Å². The molecule has 1 nitrogen and oxygen atoms in total. The standard InChI is InChI=1S/C11H10BrFO/c12-10-3-1-2-7-4-5-8(13)6-9(7)11(10)14/h4-6,10H,1-3H2. The van der Waals surface area contributed by atoms with Gasteiger partial charge >= 0.3 is 0 Å². The number of alkyl halides is 1. The molecule has 0 saturated heterocycles. The predicted molar refractivity (Wildman–Crippen MR) is 56.4 cm³/mol. The van der Waals surface area contributed by atoms with Crippen molar-refractivity contribution in [2.75, 3.05) is 0 Å². The van der Waals surface area contributed by atoms with Gasteiger partial charge in [0.25, 0.3) is 0 Å². The molecular weight excluding hydrogens is 247 g/mol. The fraction of sp³-hybridized carbons (Fsp3) is 0.364. The van der Waals surface area contributed by atoms with Crippen molar-refractivity contribution >= 4 is 21.7 Å². The lowest BCUT2D eigenvalue weighted by molar-refractivity contribution is 0.0990. The maximum absolute atomic E-state index is 13.0. The molecule has 0 saturated carbocycles. The number of halogens is 2. The summed E-state index contributed by atoms with van der Waals surface area (Å²) in [6, 6.07) is 4.48. The van der Waals surface area contributed by atoms with Crippen molar-refractivity contribution in [1.29, 1.82) is 0 Å². The molecular formula is C11H10BrFO. The summed E-state index contributed by atoms with van der Waals surface area (Å²) in [7, 11) is 0. The van der Waals surface area contributed by atoms with Crippen LogP contribution >= 0.6 is 15.9 Å². The largest absolute Gasteiger partial charge is 0.293 e. The lowest BCUT2D eigenvalue weighted by Crippen LogP contribution is -2.13. The molecule has 0 bridgehead atoms. The fourth-order valence-electron chi connectivity index (χ4n) is 1.77. The van der Waals surface area contributed by atoms with Crippen molar-refractivity contribution in [3.8, 4) is 0 Å². The van der Waals surface area contributed by atoms with Crippen LogP contribution < -0.4 is 0 Å². The number of aryl methyl sites for hydroxylation is 1. The van der Waals surface area contributed by atoms with Crippen LogP contribution in [0.25, 0.3) is 0 Å². The molecule has 0 amide bonds. The molecule has 0 heterocycles. The Hall–Kier alpha value is -0.700. The Balaban J connectivity index is 2.50. The van der Waals surface area contributed by atoms with Crippen LogP contribution in [0.4, 0.5) is 4.39 Å². The first-order valence-corrected chi connectivity index (χ1v) is 5.57. The van der Waals surface area contributed by atoms with Crippen LogP contribution in [0, 0.1) is 5.82 Å². The Kier molecular flexibility index (Phi) is 2.68. The molecule has 1 unspecified atom stereocenters. The maximum Gasteiger partial charge on any atom is 0.176 e. The van der Waals surface area contributed by atoms with E-state index in [0.29, 0.717) is 5.56 Å². The summed E-state index contributed by atoms with van der Waals surface area (Å²) < 4.78 is 13.0. The molecule has 0 spiro atoms. The van der Waals surface area contributed by atoms with Gasteiger partial charge in [-0.1, -0.05) is 22.0 Å². The number of benzene rings is 1. The van der Waals surface area contributed by atoms with E-state index in [9.17, 15) is 9.18 Å². The van der Waals surface area contributed by atoms with Crippen molar-refractivity contribution in [1.82, 2.24) is 0 Å². The zero-order valence-corrected chi connectivity index (χ0v) is 9.18. The molecule has 0 fully saturated rings. The second-order valence-corrected chi connectivity index (χ2v) is 4.63. The van der Waals surface area contributed by atoms with Gasteiger partial charge in [-0.3, -0.25) is 4.79 Å². The Labute approximate surface area is 90.4 Å². The third-order valence-electron chi connectivity index (χ3n) is 2.53. The molecule has 0 radical (unpaired) electrons. The average Bonchev–Trinajstić information content (AvgIpc) is 2.30. The van der Waals surface area contributed by atoms with E-state index >= 15 is 0 Å². The van der Waals surface area contributed by atoms with Gasteiger partial charge in [0.2, 0.25) is 0 Å². The Morgan fingerprint density at radius 2 is 2.21 bits per heavy atom. The molecule has 0 aliphatic heterocycles. The third kappa shape index (κ3) is 1.73. The topological polar surface area (TPSA) is 17.1 Å². The van der Waals surface area contributed by atoms with Crippen LogP contribution in [0.3, 0.4) is 0 Å². The highest BCUT2D eigenvalue weighted by atomic mass is 79.9. The number of Topliss-reactive ketones (excluding diaryl/α,β-unsaturated/α-hetero) is 1. The monoisotopic (exact) mass is 256 g/mol. The molecule has 1 atom stereocenters. The van der Waals surface area contributed by atoms with E-state index < -0.39 is 0 Å². The van der Waals surface area contributed by atoms with E-state index in [-0.39, 0.29) is 16.4 Å². The van der Waals surface area contributed by atoms with E-state index in [1.54, 1.807) is 6.07 Å². The van der Waals surface area contributed by atoms with Gasteiger partial charge in [0.05, 0.1) is 4.83 Å². The molecule has 2 rings (SSSR count). The van der Waals surface area contributed by atoms with E-state index in [4.69, 9.17) is 0 Å². The minimum absolute atomic E-state index is 0.0111. The molecule has 1 aromatic carbocycles. The zero-order valence-electron chi connectivity index (χ0n) is 7.59. The minimum Gasteiger partial charge on any atom is -0.293 e. The molecule has 1 aliphatic rings. The van der Waals surface area contributed by atoms with Gasteiger partial charge in [0.15, 0.2) is 5.78 Å². The van der Waals surface area contributed by atoms with Gasteiger partial charge in [-0.15, -0.1) is 0 Å². The molecule has 1 aromatic rings. The van der Waals surface area contributed by atoms with Crippen molar-refractivity contribution in [2.24, 2.45) is 0 Å². The summed E-state index contributed by atoms with van der Waals surface area (Å²) in [6.07, 6.45) is 2.67. The van der Waals surface area contributed by atoms with Crippen molar-refractivity contribution < 1.29 is 9.18 Å². The van der Waals surface area contributed by atoms with Crippen LogP contribution in [0.15, 0.2) is 18.2 Å².